The van der Waals surface area contributed by atoms with Crippen LogP contribution < -0.4 is 10.2 Å². The van der Waals surface area contributed by atoms with Crippen LogP contribution in [-0.4, -0.2) is 36.3 Å². The highest BCUT2D eigenvalue weighted by Crippen LogP contribution is 2.26. The summed E-state index contributed by atoms with van der Waals surface area (Å²) in [6.45, 7) is 1.72. The van der Waals surface area contributed by atoms with Crippen molar-refractivity contribution in [3.63, 3.8) is 0 Å². The third-order valence-electron chi connectivity index (χ3n) is 4.68. The molecule has 0 saturated heterocycles. The van der Waals surface area contributed by atoms with E-state index in [1.807, 2.05) is 18.3 Å². The van der Waals surface area contributed by atoms with Crippen LogP contribution in [0.1, 0.15) is 11.1 Å². The Morgan fingerprint density at radius 1 is 0.929 bits per heavy atom. The molecule has 0 spiro atoms. The number of hydrogen-bond acceptors (Lipinski definition) is 7. The van der Waals surface area contributed by atoms with Crippen LogP contribution in [0.4, 0.5) is 17.5 Å². The van der Waals surface area contributed by atoms with E-state index in [4.69, 9.17) is 4.98 Å². The second kappa shape index (κ2) is 7.07. The number of benzene rings is 1. The third-order valence-corrected chi connectivity index (χ3v) is 4.68. The van der Waals surface area contributed by atoms with Crippen LogP contribution in [0.3, 0.4) is 0 Å². The van der Waals surface area contributed by atoms with Crippen molar-refractivity contribution in [3.05, 3.63) is 78.5 Å². The molecule has 4 heterocycles. The van der Waals surface area contributed by atoms with Crippen molar-refractivity contribution in [1.82, 2.24) is 29.7 Å². The summed E-state index contributed by atoms with van der Waals surface area (Å²) in [7, 11) is 0. The van der Waals surface area contributed by atoms with E-state index in [0.717, 1.165) is 25.3 Å². The molecule has 0 saturated carbocycles. The SMILES string of the molecule is c1ccc2c(c1)CCN(c1cc(Nc3cnccn3)nc(-n3cccn3)n1)C2. The van der Waals surface area contributed by atoms with E-state index in [9.17, 15) is 0 Å². The van der Waals surface area contributed by atoms with E-state index in [2.05, 4.69) is 54.5 Å². The number of aromatic nitrogens is 6. The molecule has 0 radical (unpaired) electrons. The lowest BCUT2D eigenvalue weighted by Gasteiger charge is -2.30. The summed E-state index contributed by atoms with van der Waals surface area (Å²) in [5.41, 5.74) is 2.73. The predicted molar refractivity (Wildman–Crippen MR) is 106 cm³/mol. The Hall–Kier alpha value is -3.81. The van der Waals surface area contributed by atoms with Gasteiger partial charge in [-0.2, -0.15) is 15.1 Å². The molecule has 0 fully saturated rings. The van der Waals surface area contributed by atoms with Crippen molar-refractivity contribution in [3.8, 4) is 5.95 Å². The summed E-state index contributed by atoms with van der Waals surface area (Å²) in [5.74, 6) is 2.63. The lowest BCUT2D eigenvalue weighted by atomic mass is 10.00. The number of nitrogens with one attached hydrogen (secondary N) is 1. The van der Waals surface area contributed by atoms with Crippen molar-refractivity contribution in [2.75, 3.05) is 16.8 Å². The predicted octanol–water partition coefficient (Wildman–Crippen LogP) is 2.76. The first kappa shape index (κ1) is 16.4. The lowest BCUT2D eigenvalue weighted by molar-refractivity contribution is 0.711. The van der Waals surface area contributed by atoms with Gasteiger partial charge >= 0.3 is 0 Å². The molecule has 5 rings (SSSR count). The summed E-state index contributed by atoms with van der Waals surface area (Å²) in [6.07, 6.45) is 9.47. The minimum atomic E-state index is 0.507. The smallest absolute Gasteiger partial charge is 0.254 e. The zero-order valence-corrected chi connectivity index (χ0v) is 15.1. The van der Waals surface area contributed by atoms with Crippen LogP contribution in [0.15, 0.2) is 67.4 Å². The minimum Gasteiger partial charge on any atom is -0.352 e. The van der Waals surface area contributed by atoms with Gasteiger partial charge in [-0.25, -0.2) is 9.67 Å². The molecule has 8 nitrogen and oxygen atoms in total. The second-order valence-electron chi connectivity index (χ2n) is 6.52. The van der Waals surface area contributed by atoms with Crippen molar-refractivity contribution < 1.29 is 0 Å². The van der Waals surface area contributed by atoms with E-state index in [1.54, 1.807) is 29.5 Å². The third kappa shape index (κ3) is 3.27. The van der Waals surface area contributed by atoms with Gasteiger partial charge in [0.25, 0.3) is 5.95 Å². The van der Waals surface area contributed by atoms with Crippen LogP contribution >= 0.6 is 0 Å². The molecule has 0 aliphatic carbocycles. The van der Waals surface area contributed by atoms with E-state index in [-0.39, 0.29) is 0 Å². The molecule has 1 N–H and O–H groups in total. The Bertz CT molecular complexity index is 1080. The molecule has 3 aromatic heterocycles. The van der Waals surface area contributed by atoms with Crippen molar-refractivity contribution in [2.24, 2.45) is 0 Å². The zero-order chi connectivity index (χ0) is 18.8. The Kier molecular flexibility index (Phi) is 4.13. The Morgan fingerprint density at radius 3 is 2.68 bits per heavy atom. The molecule has 0 bridgehead atoms. The van der Waals surface area contributed by atoms with Gasteiger partial charge in [0.15, 0.2) is 0 Å². The summed E-state index contributed by atoms with van der Waals surface area (Å²) in [5, 5.41) is 7.49. The highest BCUT2D eigenvalue weighted by Gasteiger charge is 2.19. The number of rotatable bonds is 4. The molecule has 0 unspecified atom stereocenters. The van der Waals surface area contributed by atoms with Gasteiger partial charge in [-0.15, -0.1) is 0 Å². The number of fused-ring (bicyclic) bond motifs is 1. The highest BCUT2D eigenvalue weighted by molar-refractivity contribution is 5.58. The van der Waals surface area contributed by atoms with Gasteiger partial charge in [0.05, 0.1) is 6.20 Å². The fourth-order valence-corrected chi connectivity index (χ4v) is 3.32. The standard InChI is InChI=1S/C20H18N8/c1-2-5-16-14-27(11-6-15(16)4-1)19-12-17(24-18-13-21-8-9-22-18)25-20(26-19)28-10-3-7-23-28/h1-5,7-10,12-13H,6,11,14H2,(H,22,24,25,26). The highest BCUT2D eigenvalue weighted by atomic mass is 15.4. The number of nitrogens with zero attached hydrogens (tertiary/aromatic N) is 7. The largest absolute Gasteiger partial charge is 0.352 e. The quantitative estimate of drug-likeness (QED) is 0.591. The van der Waals surface area contributed by atoms with Gasteiger partial charge in [0.2, 0.25) is 0 Å². The monoisotopic (exact) mass is 370 g/mol. The molecule has 8 heteroatoms. The summed E-state index contributed by atoms with van der Waals surface area (Å²) in [4.78, 5) is 20.0. The molecule has 1 aromatic carbocycles. The van der Waals surface area contributed by atoms with Crippen LogP contribution in [0, 0.1) is 0 Å². The molecule has 138 valence electrons. The maximum absolute atomic E-state index is 4.75. The first-order valence-corrected chi connectivity index (χ1v) is 9.09. The molecule has 0 amide bonds. The number of anilines is 3. The number of hydrogen-bond donors (Lipinski definition) is 1. The van der Waals surface area contributed by atoms with Gasteiger partial charge in [-0.3, -0.25) is 4.98 Å². The van der Waals surface area contributed by atoms with Crippen LogP contribution in [0.25, 0.3) is 5.95 Å². The maximum atomic E-state index is 4.75. The van der Waals surface area contributed by atoms with Gasteiger partial charge in [0.1, 0.15) is 17.5 Å². The molecule has 4 aromatic rings. The van der Waals surface area contributed by atoms with E-state index >= 15 is 0 Å². The van der Waals surface area contributed by atoms with Crippen molar-refractivity contribution in [2.45, 2.75) is 13.0 Å². The Labute approximate surface area is 161 Å². The lowest BCUT2D eigenvalue weighted by Crippen LogP contribution is -2.31. The topological polar surface area (TPSA) is 84.6 Å². The van der Waals surface area contributed by atoms with Crippen molar-refractivity contribution >= 4 is 17.5 Å². The molecule has 1 aliphatic rings. The van der Waals surface area contributed by atoms with Gasteiger partial charge in [0, 0.05) is 43.9 Å². The van der Waals surface area contributed by atoms with Crippen molar-refractivity contribution in [1.29, 1.82) is 0 Å². The Balaban J connectivity index is 1.52. The first-order valence-electron chi connectivity index (χ1n) is 9.09. The van der Waals surface area contributed by atoms with Crippen LogP contribution in [0.2, 0.25) is 0 Å². The average molecular weight is 370 g/mol. The normalized spacial score (nSPS) is 13.2. The second-order valence-corrected chi connectivity index (χ2v) is 6.52. The van der Waals surface area contributed by atoms with Crippen LogP contribution in [-0.2, 0) is 13.0 Å². The van der Waals surface area contributed by atoms with Gasteiger partial charge in [-0.05, 0) is 23.6 Å². The fraction of sp³-hybridized carbons (Fsp3) is 0.150. The fourth-order valence-electron chi connectivity index (χ4n) is 3.32. The molecular weight excluding hydrogens is 352 g/mol. The zero-order valence-electron chi connectivity index (χ0n) is 15.1. The molecule has 28 heavy (non-hydrogen) atoms. The van der Waals surface area contributed by atoms with Gasteiger partial charge in [-0.1, -0.05) is 24.3 Å². The molecule has 1 aliphatic heterocycles. The van der Waals surface area contributed by atoms with Gasteiger partial charge < -0.3 is 10.2 Å². The molecule has 0 atom stereocenters. The summed E-state index contributed by atoms with van der Waals surface area (Å²) < 4.78 is 1.66. The minimum absolute atomic E-state index is 0.507. The Morgan fingerprint density at radius 2 is 1.86 bits per heavy atom. The average Bonchev–Trinajstić information content (AvgIpc) is 3.29. The summed E-state index contributed by atoms with van der Waals surface area (Å²) in [6, 6.07) is 12.3. The first-order chi connectivity index (χ1) is 13.8. The van der Waals surface area contributed by atoms with Crippen LogP contribution in [0.5, 0.6) is 0 Å². The van der Waals surface area contributed by atoms with E-state index < -0.39 is 0 Å². The van der Waals surface area contributed by atoms with E-state index in [1.165, 1.54) is 11.1 Å². The van der Waals surface area contributed by atoms with E-state index in [0.29, 0.717) is 17.6 Å². The maximum Gasteiger partial charge on any atom is 0.254 e. The molecular formula is C20H18N8. The summed E-state index contributed by atoms with van der Waals surface area (Å²) >= 11 is 0.